The predicted molar refractivity (Wildman–Crippen MR) is 62.4 cm³/mol. The van der Waals surface area contributed by atoms with E-state index in [1.54, 1.807) is 12.1 Å². The molecule has 2 nitrogen and oxygen atoms in total. The number of carbonyl (C=O) groups is 1. The number of ketones is 1. The SMILES string of the molecule is C=CCN1CCCC(=O)c2ccc(F)cc21. The lowest BCUT2D eigenvalue weighted by molar-refractivity contribution is 0.0984. The number of carbonyl (C=O) groups excluding carboxylic acids is 1. The van der Waals surface area contributed by atoms with Gasteiger partial charge in [-0.3, -0.25) is 4.79 Å². The van der Waals surface area contributed by atoms with Crippen LogP contribution in [0.4, 0.5) is 10.1 Å². The van der Waals surface area contributed by atoms with E-state index >= 15 is 0 Å². The van der Waals surface area contributed by atoms with Crippen molar-refractivity contribution >= 4 is 11.5 Å². The highest BCUT2D eigenvalue weighted by Crippen LogP contribution is 2.27. The minimum atomic E-state index is -0.303. The van der Waals surface area contributed by atoms with E-state index in [9.17, 15) is 9.18 Å². The van der Waals surface area contributed by atoms with Gasteiger partial charge in [-0.2, -0.15) is 0 Å². The molecule has 1 heterocycles. The highest BCUT2D eigenvalue weighted by atomic mass is 19.1. The third-order valence-corrected chi connectivity index (χ3v) is 2.78. The summed E-state index contributed by atoms with van der Waals surface area (Å²) in [5.41, 5.74) is 1.32. The fourth-order valence-corrected chi connectivity index (χ4v) is 2.03. The summed E-state index contributed by atoms with van der Waals surface area (Å²) in [5.74, 6) is -0.205. The molecule has 0 atom stereocenters. The molecule has 0 spiro atoms. The molecule has 1 aliphatic heterocycles. The number of rotatable bonds is 2. The fourth-order valence-electron chi connectivity index (χ4n) is 2.03. The normalized spacial score (nSPS) is 15.6. The van der Waals surface area contributed by atoms with Crippen LogP contribution in [-0.2, 0) is 0 Å². The van der Waals surface area contributed by atoms with Crippen molar-refractivity contribution in [2.24, 2.45) is 0 Å². The van der Waals surface area contributed by atoms with Crippen LogP contribution in [0.5, 0.6) is 0 Å². The van der Waals surface area contributed by atoms with Crippen molar-refractivity contribution in [2.75, 3.05) is 18.0 Å². The minimum absolute atomic E-state index is 0.0987. The lowest BCUT2D eigenvalue weighted by atomic mass is 10.1. The van der Waals surface area contributed by atoms with Gasteiger partial charge in [0.1, 0.15) is 5.82 Å². The van der Waals surface area contributed by atoms with Crippen LogP contribution in [0.1, 0.15) is 23.2 Å². The summed E-state index contributed by atoms with van der Waals surface area (Å²) in [5, 5.41) is 0. The maximum atomic E-state index is 13.2. The highest BCUT2D eigenvalue weighted by Gasteiger charge is 2.20. The minimum Gasteiger partial charge on any atom is -0.367 e. The molecule has 0 saturated heterocycles. The number of halogens is 1. The average Bonchev–Trinajstić information content (AvgIpc) is 2.40. The van der Waals surface area contributed by atoms with E-state index in [1.165, 1.54) is 12.1 Å². The van der Waals surface area contributed by atoms with Gasteiger partial charge in [0.05, 0.1) is 5.69 Å². The Bertz CT molecular complexity index is 428. The number of hydrogen-bond acceptors (Lipinski definition) is 2. The zero-order valence-corrected chi connectivity index (χ0v) is 9.08. The Balaban J connectivity index is 2.47. The number of hydrogen-bond donors (Lipinski definition) is 0. The summed E-state index contributed by atoms with van der Waals surface area (Å²) in [6, 6.07) is 4.35. The van der Waals surface area contributed by atoms with E-state index in [1.807, 2.05) is 4.90 Å². The second kappa shape index (κ2) is 4.47. The van der Waals surface area contributed by atoms with Crippen molar-refractivity contribution < 1.29 is 9.18 Å². The Morgan fingerprint density at radius 1 is 1.50 bits per heavy atom. The highest BCUT2D eigenvalue weighted by molar-refractivity contribution is 6.02. The quantitative estimate of drug-likeness (QED) is 0.713. The summed E-state index contributed by atoms with van der Waals surface area (Å²) in [6.07, 6.45) is 3.11. The second-order valence-electron chi connectivity index (χ2n) is 3.92. The first-order valence-electron chi connectivity index (χ1n) is 5.41. The number of Topliss-reactive ketones (excluding diaryl/α,β-unsaturated/α-hetero) is 1. The van der Waals surface area contributed by atoms with Crippen LogP contribution in [0.15, 0.2) is 30.9 Å². The number of anilines is 1. The molecule has 0 saturated carbocycles. The van der Waals surface area contributed by atoms with Crippen LogP contribution in [-0.4, -0.2) is 18.9 Å². The topological polar surface area (TPSA) is 20.3 Å². The first kappa shape index (κ1) is 10.9. The van der Waals surface area contributed by atoms with E-state index in [0.717, 1.165) is 13.0 Å². The van der Waals surface area contributed by atoms with Crippen LogP contribution in [0, 0.1) is 5.82 Å². The number of fused-ring (bicyclic) bond motifs is 1. The van der Waals surface area contributed by atoms with E-state index < -0.39 is 0 Å². The monoisotopic (exact) mass is 219 g/mol. The van der Waals surface area contributed by atoms with Crippen molar-refractivity contribution in [1.82, 2.24) is 0 Å². The zero-order valence-electron chi connectivity index (χ0n) is 9.08. The second-order valence-corrected chi connectivity index (χ2v) is 3.92. The number of benzene rings is 1. The molecule has 1 aromatic rings. The van der Waals surface area contributed by atoms with Crippen LogP contribution >= 0.6 is 0 Å². The molecular weight excluding hydrogens is 205 g/mol. The Kier molecular flexibility index (Phi) is 3.04. The molecule has 0 unspecified atom stereocenters. The van der Waals surface area contributed by atoms with Gasteiger partial charge >= 0.3 is 0 Å². The molecule has 0 N–H and O–H groups in total. The maximum Gasteiger partial charge on any atom is 0.165 e. The largest absolute Gasteiger partial charge is 0.367 e. The Morgan fingerprint density at radius 2 is 2.31 bits per heavy atom. The van der Waals surface area contributed by atoms with Crippen molar-refractivity contribution in [3.8, 4) is 0 Å². The van der Waals surface area contributed by atoms with Crippen molar-refractivity contribution in [3.63, 3.8) is 0 Å². The molecule has 0 bridgehead atoms. The summed E-state index contributed by atoms with van der Waals surface area (Å²) < 4.78 is 13.2. The van der Waals surface area contributed by atoms with Gasteiger partial charge in [-0.15, -0.1) is 6.58 Å². The molecule has 16 heavy (non-hydrogen) atoms. The first-order valence-corrected chi connectivity index (χ1v) is 5.41. The van der Waals surface area contributed by atoms with Gasteiger partial charge in [-0.25, -0.2) is 4.39 Å². The molecule has 0 aliphatic carbocycles. The van der Waals surface area contributed by atoms with Crippen LogP contribution < -0.4 is 4.90 Å². The van der Waals surface area contributed by atoms with Crippen LogP contribution in [0.3, 0.4) is 0 Å². The van der Waals surface area contributed by atoms with E-state index in [4.69, 9.17) is 0 Å². The third kappa shape index (κ3) is 1.98. The van der Waals surface area contributed by atoms with Crippen molar-refractivity contribution in [3.05, 3.63) is 42.2 Å². The van der Waals surface area contributed by atoms with Crippen molar-refractivity contribution in [2.45, 2.75) is 12.8 Å². The maximum absolute atomic E-state index is 13.2. The van der Waals surface area contributed by atoms with Gasteiger partial charge in [0.2, 0.25) is 0 Å². The van der Waals surface area contributed by atoms with Crippen LogP contribution in [0.2, 0.25) is 0 Å². The standard InChI is InChI=1S/C13H14FNO/c1-2-7-15-8-3-4-13(16)11-6-5-10(14)9-12(11)15/h2,5-6,9H,1,3-4,7-8H2. The molecule has 2 rings (SSSR count). The van der Waals surface area contributed by atoms with Crippen molar-refractivity contribution in [1.29, 1.82) is 0 Å². The van der Waals surface area contributed by atoms with E-state index in [2.05, 4.69) is 6.58 Å². The predicted octanol–water partition coefficient (Wildman–Crippen LogP) is 2.79. The lowest BCUT2D eigenvalue weighted by Crippen LogP contribution is -2.24. The molecule has 1 aromatic carbocycles. The Labute approximate surface area is 94.4 Å². The summed E-state index contributed by atoms with van der Waals surface area (Å²) in [7, 11) is 0. The van der Waals surface area contributed by atoms with E-state index in [0.29, 0.717) is 24.2 Å². The van der Waals surface area contributed by atoms with Gasteiger partial charge in [0, 0.05) is 25.1 Å². The smallest absolute Gasteiger partial charge is 0.165 e. The van der Waals surface area contributed by atoms with E-state index in [-0.39, 0.29) is 11.6 Å². The van der Waals surface area contributed by atoms with Gasteiger partial charge in [0.25, 0.3) is 0 Å². The molecule has 0 amide bonds. The number of nitrogens with zero attached hydrogens (tertiary/aromatic N) is 1. The molecule has 84 valence electrons. The van der Waals surface area contributed by atoms with Gasteiger partial charge < -0.3 is 4.90 Å². The molecule has 1 aliphatic rings. The van der Waals surface area contributed by atoms with Gasteiger partial charge in [0.15, 0.2) is 5.78 Å². The molecular formula is C13H14FNO. The Hall–Kier alpha value is -1.64. The Morgan fingerprint density at radius 3 is 3.06 bits per heavy atom. The zero-order chi connectivity index (χ0) is 11.5. The van der Waals surface area contributed by atoms with Crippen LogP contribution in [0.25, 0.3) is 0 Å². The summed E-state index contributed by atoms with van der Waals surface area (Å²) in [4.78, 5) is 13.8. The molecule has 0 radical (unpaired) electrons. The van der Waals surface area contributed by atoms with Gasteiger partial charge in [-0.05, 0) is 24.6 Å². The fraction of sp³-hybridized carbons (Fsp3) is 0.308. The summed E-state index contributed by atoms with van der Waals surface area (Å²) in [6.45, 7) is 5.09. The molecule has 3 heteroatoms. The first-order chi connectivity index (χ1) is 7.72. The lowest BCUT2D eigenvalue weighted by Gasteiger charge is -2.22. The van der Waals surface area contributed by atoms with Gasteiger partial charge in [-0.1, -0.05) is 6.08 Å². The molecule has 0 aromatic heterocycles. The molecule has 0 fully saturated rings. The third-order valence-electron chi connectivity index (χ3n) is 2.78. The average molecular weight is 219 g/mol. The summed E-state index contributed by atoms with van der Waals surface area (Å²) >= 11 is 0.